The molecule has 0 aliphatic carbocycles. The molecular weight excluding hydrogens is 188 g/mol. The van der Waals surface area contributed by atoms with Crippen LogP contribution in [0.15, 0.2) is 28.8 Å². The van der Waals surface area contributed by atoms with Gasteiger partial charge in [0.05, 0.1) is 0 Å². The van der Waals surface area contributed by atoms with E-state index in [1.54, 1.807) is 6.92 Å². The van der Waals surface area contributed by atoms with Gasteiger partial charge in [0.1, 0.15) is 0 Å². The van der Waals surface area contributed by atoms with E-state index in [-0.39, 0.29) is 0 Å². The minimum atomic E-state index is 0.355. The minimum Gasteiger partial charge on any atom is -0.325 e. The maximum Gasteiger partial charge on any atom is 0.302 e. The summed E-state index contributed by atoms with van der Waals surface area (Å²) in [6, 6.07) is 7.94. The van der Waals surface area contributed by atoms with Gasteiger partial charge in [0, 0.05) is 5.56 Å². The Morgan fingerprint density at radius 3 is 2.60 bits per heavy atom. The topological polar surface area (TPSA) is 38.9 Å². The molecule has 74 valence electrons. The standard InChI is InChI=1S/C12H10N2O/c1-3-4-11-13-12(14-15-11)10-7-5-9(2)6-8-10/h5-8H,1-2H3. The molecule has 0 saturated carbocycles. The molecule has 3 heteroatoms. The number of aryl methyl sites for hydroxylation is 1. The highest BCUT2D eigenvalue weighted by Crippen LogP contribution is 2.15. The zero-order chi connectivity index (χ0) is 10.7. The van der Waals surface area contributed by atoms with Crippen LogP contribution in [-0.2, 0) is 0 Å². The number of rotatable bonds is 1. The van der Waals surface area contributed by atoms with Crippen molar-refractivity contribution in [3.63, 3.8) is 0 Å². The van der Waals surface area contributed by atoms with Crippen molar-refractivity contribution in [1.29, 1.82) is 0 Å². The lowest BCUT2D eigenvalue weighted by Gasteiger charge is -1.93. The normalized spacial score (nSPS) is 9.47. The van der Waals surface area contributed by atoms with Gasteiger partial charge in [-0.15, -0.1) is 0 Å². The van der Waals surface area contributed by atoms with Crippen LogP contribution < -0.4 is 0 Å². The van der Waals surface area contributed by atoms with E-state index in [9.17, 15) is 0 Å². The predicted molar refractivity (Wildman–Crippen MR) is 57.0 cm³/mol. The van der Waals surface area contributed by atoms with Gasteiger partial charge in [-0.2, -0.15) is 4.98 Å². The lowest BCUT2D eigenvalue weighted by atomic mass is 10.1. The van der Waals surface area contributed by atoms with Gasteiger partial charge in [-0.05, 0) is 19.8 Å². The molecule has 3 nitrogen and oxygen atoms in total. The first-order valence-corrected chi connectivity index (χ1v) is 4.63. The van der Waals surface area contributed by atoms with Crippen LogP contribution in [0.5, 0.6) is 0 Å². The SMILES string of the molecule is CC#Cc1nc(-c2ccc(C)cc2)no1. The number of nitrogens with zero attached hydrogens (tertiary/aromatic N) is 2. The molecule has 0 fully saturated rings. The van der Waals surface area contributed by atoms with E-state index in [1.165, 1.54) is 5.56 Å². The van der Waals surface area contributed by atoms with E-state index < -0.39 is 0 Å². The van der Waals surface area contributed by atoms with Gasteiger partial charge >= 0.3 is 5.89 Å². The molecule has 0 aliphatic rings. The zero-order valence-electron chi connectivity index (χ0n) is 8.61. The molecule has 0 saturated heterocycles. The fraction of sp³-hybridized carbons (Fsp3) is 0.167. The van der Waals surface area contributed by atoms with E-state index in [0.717, 1.165) is 5.56 Å². The average Bonchev–Trinajstić information content (AvgIpc) is 2.68. The van der Waals surface area contributed by atoms with Gasteiger partial charge in [0.15, 0.2) is 0 Å². The molecule has 1 heterocycles. The van der Waals surface area contributed by atoms with Gasteiger partial charge in [-0.1, -0.05) is 40.9 Å². The molecule has 1 aromatic heterocycles. The molecular formula is C12H10N2O. The van der Waals surface area contributed by atoms with Crippen molar-refractivity contribution in [1.82, 2.24) is 10.1 Å². The van der Waals surface area contributed by atoms with Gasteiger partial charge < -0.3 is 4.52 Å². The van der Waals surface area contributed by atoms with Crippen LogP contribution in [0.4, 0.5) is 0 Å². The van der Waals surface area contributed by atoms with Crippen molar-refractivity contribution in [2.24, 2.45) is 0 Å². The summed E-state index contributed by atoms with van der Waals surface area (Å²) in [5, 5.41) is 3.85. The minimum absolute atomic E-state index is 0.355. The Bertz CT molecular complexity index is 515. The first-order valence-electron chi connectivity index (χ1n) is 4.63. The highest BCUT2D eigenvalue weighted by Gasteiger charge is 2.05. The summed E-state index contributed by atoms with van der Waals surface area (Å²) in [7, 11) is 0. The summed E-state index contributed by atoms with van der Waals surface area (Å²) in [5.41, 5.74) is 2.14. The molecule has 0 unspecified atom stereocenters. The largest absolute Gasteiger partial charge is 0.325 e. The third kappa shape index (κ3) is 2.05. The van der Waals surface area contributed by atoms with Crippen molar-refractivity contribution >= 4 is 0 Å². The molecule has 0 radical (unpaired) electrons. The Hall–Kier alpha value is -2.08. The Morgan fingerprint density at radius 2 is 1.93 bits per heavy atom. The lowest BCUT2D eigenvalue weighted by Crippen LogP contribution is -1.81. The van der Waals surface area contributed by atoms with Crippen LogP contribution in [-0.4, -0.2) is 10.1 Å². The van der Waals surface area contributed by atoms with Gasteiger partial charge in [-0.25, -0.2) is 0 Å². The second kappa shape index (κ2) is 3.97. The third-order valence-electron chi connectivity index (χ3n) is 1.97. The van der Waals surface area contributed by atoms with Crippen LogP contribution in [0, 0.1) is 18.8 Å². The maximum absolute atomic E-state index is 4.95. The van der Waals surface area contributed by atoms with E-state index in [2.05, 4.69) is 22.0 Å². The summed E-state index contributed by atoms with van der Waals surface area (Å²) in [5.74, 6) is 6.36. The highest BCUT2D eigenvalue weighted by atomic mass is 16.5. The predicted octanol–water partition coefficient (Wildman–Crippen LogP) is 2.42. The molecule has 2 rings (SSSR count). The summed E-state index contributed by atoms with van der Waals surface area (Å²) in [6.45, 7) is 3.77. The first-order chi connectivity index (χ1) is 7.29. The summed E-state index contributed by atoms with van der Waals surface area (Å²) >= 11 is 0. The Balaban J connectivity index is 2.35. The summed E-state index contributed by atoms with van der Waals surface area (Å²) in [6.07, 6.45) is 0. The van der Waals surface area contributed by atoms with Crippen molar-refractivity contribution in [2.75, 3.05) is 0 Å². The van der Waals surface area contributed by atoms with E-state index in [4.69, 9.17) is 4.52 Å². The summed E-state index contributed by atoms with van der Waals surface area (Å²) in [4.78, 5) is 4.15. The maximum atomic E-state index is 4.95. The molecule has 15 heavy (non-hydrogen) atoms. The molecule has 2 aromatic rings. The molecule has 0 bridgehead atoms. The average molecular weight is 198 g/mol. The molecule has 1 aromatic carbocycles. The molecule has 0 aliphatic heterocycles. The monoisotopic (exact) mass is 198 g/mol. The Morgan fingerprint density at radius 1 is 1.20 bits per heavy atom. The Labute approximate surface area is 88.1 Å². The summed E-state index contributed by atoms with van der Waals surface area (Å²) < 4.78 is 4.95. The van der Waals surface area contributed by atoms with Crippen LogP contribution in [0.3, 0.4) is 0 Å². The van der Waals surface area contributed by atoms with E-state index in [1.807, 2.05) is 31.2 Å². The molecule has 0 atom stereocenters. The number of hydrogen-bond donors (Lipinski definition) is 0. The smallest absolute Gasteiger partial charge is 0.302 e. The fourth-order valence-electron chi connectivity index (χ4n) is 1.20. The number of benzene rings is 1. The van der Waals surface area contributed by atoms with E-state index >= 15 is 0 Å². The van der Waals surface area contributed by atoms with Crippen LogP contribution in [0.2, 0.25) is 0 Å². The van der Waals surface area contributed by atoms with Crippen molar-refractivity contribution in [3.8, 4) is 23.2 Å². The fourth-order valence-corrected chi connectivity index (χ4v) is 1.20. The van der Waals surface area contributed by atoms with Gasteiger partial charge in [-0.3, -0.25) is 0 Å². The van der Waals surface area contributed by atoms with Crippen LogP contribution in [0.1, 0.15) is 18.4 Å². The molecule has 0 spiro atoms. The van der Waals surface area contributed by atoms with Crippen LogP contribution in [0.25, 0.3) is 11.4 Å². The quantitative estimate of drug-likeness (QED) is 0.660. The van der Waals surface area contributed by atoms with Crippen molar-refractivity contribution in [3.05, 3.63) is 35.7 Å². The molecule has 0 amide bonds. The third-order valence-corrected chi connectivity index (χ3v) is 1.97. The number of aromatic nitrogens is 2. The second-order valence-corrected chi connectivity index (χ2v) is 3.16. The van der Waals surface area contributed by atoms with Crippen molar-refractivity contribution in [2.45, 2.75) is 13.8 Å². The Kier molecular flexibility index (Phi) is 2.51. The van der Waals surface area contributed by atoms with Gasteiger partial charge in [0.2, 0.25) is 5.82 Å². The first kappa shape index (κ1) is 9.47. The van der Waals surface area contributed by atoms with Gasteiger partial charge in [0.25, 0.3) is 0 Å². The van der Waals surface area contributed by atoms with Crippen molar-refractivity contribution < 1.29 is 4.52 Å². The second-order valence-electron chi connectivity index (χ2n) is 3.16. The lowest BCUT2D eigenvalue weighted by molar-refractivity contribution is 0.409. The molecule has 0 N–H and O–H groups in total. The highest BCUT2D eigenvalue weighted by molar-refractivity contribution is 5.54. The zero-order valence-corrected chi connectivity index (χ0v) is 8.61. The van der Waals surface area contributed by atoms with E-state index in [0.29, 0.717) is 11.7 Å². The van der Waals surface area contributed by atoms with Crippen LogP contribution >= 0.6 is 0 Å². The number of hydrogen-bond acceptors (Lipinski definition) is 3.